The number of aliphatic hydroxyl groups excluding tert-OH is 2. The summed E-state index contributed by atoms with van der Waals surface area (Å²) >= 11 is 0. The zero-order valence-electron chi connectivity index (χ0n) is 18.3. The van der Waals surface area contributed by atoms with Gasteiger partial charge >= 0.3 is 0 Å². The summed E-state index contributed by atoms with van der Waals surface area (Å²) < 4.78 is 6.26. The van der Waals surface area contributed by atoms with Gasteiger partial charge in [-0.25, -0.2) is 4.90 Å². The summed E-state index contributed by atoms with van der Waals surface area (Å²) in [6.45, 7) is 7.02. The predicted octanol–water partition coefficient (Wildman–Crippen LogP) is -3.47. The van der Waals surface area contributed by atoms with Gasteiger partial charge in [0, 0.05) is 32.8 Å². The molecule has 0 saturated carbocycles. The minimum Gasteiger partial charge on any atom is -0.387 e. The van der Waals surface area contributed by atoms with Crippen LogP contribution in [0.15, 0.2) is 0 Å². The Morgan fingerprint density at radius 3 is 2.68 bits per heavy atom. The van der Waals surface area contributed by atoms with E-state index in [0.29, 0.717) is 26.0 Å². The molecule has 0 bridgehead atoms. The van der Waals surface area contributed by atoms with Crippen LogP contribution in [0.2, 0.25) is 0 Å². The van der Waals surface area contributed by atoms with Crippen LogP contribution in [0.5, 0.6) is 0 Å². The molecule has 5 saturated heterocycles. The molecule has 5 aliphatic heterocycles. The number of nitrogens with two attached hydrogens (primary N) is 1. The number of hydrogen-bond acceptors (Lipinski definition) is 11. The van der Waals surface area contributed by atoms with E-state index in [-0.39, 0.29) is 18.4 Å². The third kappa shape index (κ3) is 4.64. The molecule has 5 rings (SSSR count). The summed E-state index contributed by atoms with van der Waals surface area (Å²) in [5.41, 5.74) is 6.17. The lowest BCUT2D eigenvalue weighted by molar-refractivity contribution is -0.106. The molecule has 178 valence electrons. The van der Waals surface area contributed by atoms with Gasteiger partial charge in [0.15, 0.2) is 0 Å². The quantitative estimate of drug-likeness (QED) is 0.235. The summed E-state index contributed by atoms with van der Waals surface area (Å²) in [6, 6.07) is 0.0331. The Labute approximate surface area is 184 Å². The van der Waals surface area contributed by atoms with E-state index in [4.69, 9.17) is 10.5 Å². The van der Waals surface area contributed by atoms with Gasteiger partial charge in [-0.2, -0.15) is 0 Å². The predicted molar refractivity (Wildman–Crippen MR) is 115 cm³/mol. The molecule has 5 aliphatic rings. The van der Waals surface area contributed by atoms with Gasteiger partial charge in [-0.1, -0.05) is 0 Å². The maximum atomic E-state index is 10.8. The molecule has 8 atom stereocenters. The number of hydrogen-bond donors (Lipinski definition) is 7. The minimum atomic E-state index is -0.937. The second kappa shape index (κ2) is 9.82. The van der Waals surface area contributed by atoms with Gasteiger partial charge in [0.1, 0.15) is 24.5 Å². The molecule has 8 N–H and O–H groups in total. The lowest BCUT2D eigenvalue weighted by Crippen LogP contribution is -2.68. The highest BCUT2D eigenvalue weighted by Gasteiger charge is 2.51. The molecule has 4 unspecified atom stereocenters. The Morgan fingerprint density at radius 1 is 0.935 bits per heavy atom. The maximum Gasteiger partial charge on any atom is 0.142 e. The number of rotatable bonds is 4. The van der Waals surface area contributed by atoms with Crippen molar-refractivity contribution < 1.29 is 14.9 Å². The normalized spacial score (nSPS) is 46.2. The molecule has 0 aromatic rings. The van der Waals surface area contributed by atoms with Crippen LogP contribution < -0.4 is 27.0 Å². The SMILES string of the molecule is NC1NCNC2C1NCN2[C@@H]1O[C@H](CN2CCCN(C3CCCCN3)CC2)[C@@H](O)[C@H]1O. The summed E-state index contributed by atoms with van der Waals surface area (Å²) in [5.74, 6) is 0. The van der Waals surface area contributed by atoms with Gasteiger partial charge < -0.3 is 26.0 Å². The fourth-order valence-electron chi connectivity index (χ4n) is 5.89. The van der Waals surface area contributed by atoms with Gasteiger partial charge in [0.2, 0.25) is 0 Å². The van der Waals surface area contributed by atoms with Gasteiger partial charge in [-0.3, -0.25) is 25.8 Å². The Bertz CT molecular complexity index is 597. The standard InChI is InChI=1S/C20H40N8O3/c21-18-15-19(24-11-23-18)28(12-25-15)20-17(30)16(29)13(31-20)10-26-6-3-7-27(9-8-26)14-4-1-2-5-22-14/h13-20,22-25,29-30H,1-12,21H2/t13-,14?,15?,16-,17-,18?,19?,20-/m1/s1. The first-order chi connectivity index (χ1) is 15.1. The largest absolute Gasteiger partial charge is 0.387 e. The molecule has 5 fully saturated rings. The number of ether oxygens (including phenoxy) is 1. The van der Waals surface area contributed by atoms with E-state index >= 15 is 0 Å². The number of nitrogens with zero attached hydrogens (tertiary/aromatic N) is 3. The van der Waals surface area contributed by atoms with Crippen molar-refractivity contribution in [1.82, 2.24) is 36.0 Å². The summed E-state index contributed by atoms with van der Waals surface area (Å²) in [4.78, 5) is 7.01. The van der Waals surface area contributed by atoms with Crippen molar-refractivity contribution in [3.8, 4) is 0 Å². The van der Waals surface area contributed by atoms with Crippen molar-refractivity contribution in [2.24, 2.45) is 5.73 Å². The van der Waals surface area contributed by atoms with Crippen molar-refractivity contribution >= 4 is 0 Å². The molecule has 0 amide bonds. The zero-order chi connectivity index (χ0) is 21.4. The molecule has 5 heterocycles. The summed E-state index contributed by atoms with van der Waals surface area (Å²) in [5, 5.41) is 35.2. The molecule has 0 aromatic heterocycles. The van der Waals surface area contributed by atoms with E-state index in [0.717, 1.165) is 39.1 Å². The number of fused-ring (bicyclic) bond motifs is 1. The van der Waals surface area contributed by atoms with E-state index in [1.807, 2.05) is 0 Å². The number of nitrogens with one attached hydrogen (secondary N) is 4. The lowest BCUT2D eigenvalue weighted by Gasteiger charge is -2.38. The summed E-state index contributed by atoms with van der Waals surface area (Å²) in [6.07, 6.45) is 2.49. The average molecular weight is 441 g/mol. The molecule has 31 heavy (non-hydrogen) atoms. The Hall–Kier alpha value is -0.440. The van der Waals surface area contributed by atoms with Crippen LogP contribution in [0.25, 0.3) is 0 Å². The van der Waals surface area contributed by atoms with Crippen LogP contribution in [0, 0.1) is 0 Å². The molecule has 11 heteroatoms. The van der Waals surface area contributed by atoms with Crippen LogP contribution >= 0.6 is 0 Å². The summed E-state index contributed by atoms with van der Waals surface area (Å²) in [7, 11) is 0. The Morgan fingerprint density at radius 2 is 1.84 bits per heavy atom. The fraction of sp³-hybridized carbons (Fsp3) is 1.00. The van der Waals surface area contributed by atoms with E-state index in [1.54, 1.807) is 0 Å². The van der Waals surface area contributed by atoms with Crippen LogP contribution in [-0.2, 0) is 4.74 Å². The van der Waals surface area contributed by atoms with Gasteiger partial charge in [0.25, 0.3) is 0 Å². The van der Waals surface area contributed by atoms with Crippen molar-refractivity contribution in [1.29, 1.82) is 0 Å². The first-order valence-electron chi connectivity index (χ1n) is 12.0. The monoisotopic (exact) mass is 440 g/mol. The van der Waals surface area contributed by atoms with Crippen LogP contribution in [0.3, 0.4) is 0 Å². The molecule has 11 nitrogen and oxygen atoms in total. The van der Waals surface area contributed by atoms with E-state index in [1.165, 1.54) is 19.3 Å². The smallest absolute Gasteiger partial charge is 0.142 e. The third-order valence-corrected chi connectivity index (χ3v) is 7.69. The maximum absolute atomic E-state index is 10.8. The van der Waals surface area contributed by atoms with Crippen molar-refractivity contribution in [3.63, 3.8) is 0 Å². The molecule has 0 aliphatic carbocycles. The van der Waals surface area contributed by atoms with E-state index < -0.39 is 24.5 Å². The minimum absolute atomic E-state index is 0.0309. The Balaban J connectivity index is 1.16. The topological polar surface area (TPSA) is 134 Å². The second-order valence-corrected chi connectivity index (χ2v) is 9.66. The van der Waals surface area contributed by atoms with Crippen molar-refractivity contribution in [3.05, 3.63) is 0 Å². The fourth-order valence-corrected chi connectivity index (χ4v) is 5.89. The first-order valence-corrected chi connectivity index (χ1v) is 12.0. The first kappa shape index (κ1) is 22.4. The second-order valence-electron chi connectivity index (χ2n) is 9.66. The molecular formula is C20H40N8O3. The Kier molecular flexibility index (Phi) is 7.08. The number of piperidine rings is 1. The zero-order valence-corrected chi connectivity index (χ0v) is 18.3. The van der Waals surface area contributed by atoms with Crippen LogP contribution in [-0.4, -0.2) is 127 Å². The molecule has 0 radical (unpaired) electrons. The van der Waals surface area contributed by atoms with Gasteiger partial charge in [-0.15, -0.1) is 0 Å². The van der Waals surface area contributed by atoms with Crippen LogP contribution in [0.4, 0.5) is 0 Å². The number of aliphatic hydroxyl groups is 2. The average Bonchev–Trinajstić information content (AvgIpc) is 3.23. The highest BCUT2D eigenvalue weighted by atomic mass is 16.6. The van der Waals surface area contributed by atoms with Crippen LogP contribution in [0.1, 0.15) is 25.7 Å². The highest BCUT2D eigenvalue weighted by Crippen LogP contribution is 2.29. The third-order valence-electron chi connectivity index (χ3n) is 7.69. The van der Waals surface area contributed by atoms with E-state index in [2.05, 4.69) is 36.0 Å². The molecule has 0 spiro atoms. The van der Waals surface area contributed by atoms with Crippen molar-refractivity contribution in [2.75, 3.05) is 52.6 Å². The van der Waals surface area contributed by atoms with Gasteiger partial charge in [0.05, 0.1) is 31.2 Å². The van der Waals surface area contributed by atoms with Gasteiger partial charge in [-0.05, 0) is 38.8 Å². The molecule has 0 aromatic carbocycles. The van der Waals surface area contributed by atoms with E-state index in [9.17, 15) is 10.2 Å². The molecular weight excluding hydrogens is 400 g/mol. The van der Waals surface area contributed by atoms with Crippen molar-refractivity contribution in [2.45, 2.75) is 74.8 Å². The lowest BCUT2D eigenvalue weighted by atomic mass is 10.1. The highest BCUT2D eigenvalue weighted by molar-refractivity contribution is 5.02.